The third-order valence-corrected chi connectivity index (χ3v) is 3.67. The maximum atomic E-state index is 5.86. The van der Waals surface area contributed by atoms with E-state index in [1.165, 1.54) is 32.5 Å². The highest BCUT2D eigenvalue weighted by atomic mass is 35.5. The van der Waals surface area contributed by atoms with Crippen molar-refractivity contribution in [3.63, 3.8) is 0 Å². The Balaban J connectivity index is 0.00000162. The van der Waals surface area contributed by atoms with Gasteiger partial charge in [-0.15, -0.1) is 12.4 Å². The Hall–Kier alpha value is 0.130. The molecular formula is C13H27ClN2O2. The molecule has 0 radical (unpaired) electrons. The first-order valence-corrected chi connectivity index (χ1v) is 6.85. The fourth-order valence-corrected chi connectivity index (χ4v) is 3.01. The number of rotatable bonds is 4. The van der Waals surface area contributed by atoms with Crippen molar-refractivity contribution in [3.05, 3.63) is 0 Å². The van der Waals surface area contributed by atoms with E-state index in [0.717, 1.165) is 19.0 Å². The van der Waals surface area contributed by atoms with Crippen molar-refractivity contribution < 1.29 is 9.47 Å². The predicted molar refractivity (Wildman–Crippen MR) is 75.5 cm³/mol. The van der Waals surface area contributed by atoms with Crippen LogP contribution in [0.5, 0.6) is 0 Å². The molecule has 4 nitrogen and oxygen atoms in total. The molecule has 2 rings (SSSR count). The van der Waals surface area contributed by atoms with E-state index in [-0.39, 0.29) is 18.5 Å². The molecule has 2 heterocycles. The minimum absolute atomic E-state index is 0. The maximum absolute atomic E-state index is 5.86. The molecule has 0 aromatic rings. The van der Waals surface area contributed by atoms with Crippen LogP contribution in [0, 0.1) is 5.92 Å². The van der Waals surface area contributed by atoms with Crippen LogP contribution in [0.1, 0.15) is 19.8 Å². The predicted octanol–water partition coefficient (Wildman–Crippen LogP) is 1.14. The number of nitrogens with zero attached hydrogens (tertiary/aromatic N) is 1. The van der Waals surface area contributed by atoms with Crippen LogP contribution in [-0.4, -0.2) is 63.5 Å². The second-order valence-corrected chi connectivity index (χ2v) is 5.45. The van der Waals surface area contributed by atoms with Gasteiger partial charge in [-0.1, -0.05) is 0 Å². The fourth-order valence-electron chi connectivity index (χ4n) is 3.01. The quantitative estimate of drug-likeness (QED) is 0.836. The van der Waals surface area contributed by atoms with Gasteiger partial charge in [0.1, 0.15) is 0 Å². The van der Waals surface area contributed by atoms with E-state index in [1.807, 2.05) is 0 Å². The van der Waals surface area contributed by atoms with E-state index in [2.05, 4.69) is 17.1 Å². The summed E-state index contributed by atoms with van der Waals surface area (Å²) in [6.07, 6.45) is 3.28. The van der Waals surface area contributed by atoms with Crippen LogP contribution in [0.2, 0.25) is 0 Å². The van der Waals surface area contributed by atoms with Crippen LogP contribution in [0.3, 0.4) is 0 Å². The third kappa shape index (κ3) is 5.02. The lowest BCUT2D eigenvalue weighted by Crippen LogP contribution is -2.50. The number of piperidine rings is 1. The Kier molecular flexibility index (Phi) is 7.49. The van der Waals surface area contributed by atoms with Crippen LogP contribution in [0.15, 0.2) is 0 Å². The molecule has 108 valence electrons. The fraction of sp³-hybridized carbons (Fsp3) is 1.00. The molecular weight excluding hydrogens is 252 g/mol. The molecule has 0 saturated carbocycles. The normalized spacial score (nSPS) is 34.0. The highest BCUT2D eigenvalue weighted by molar-refractivity contribution is 5.85. The standard InChI is InChI=1S/C13H26N2O2.ClH/c1-11-7-15(9-13(17-11)10-16-2)8-12-4-3-5-14-6-12;/h11-14H,3-10H2,1-2H3;1H. The van der Waals surface area contributed by atoms with Crippen molar-refractivity contribution in [1.29, 1.82) is 0 Å². The van der Waals surface area contributed by atoms with Gasteiger partial charge in [0, 0.05) is 26.7 Å². The van der Waals surface area contributed by atoms with Crippen LogP contribution in [0.25, 0.3) is 0 Å². The van der Waals surface area contributed by atoms with Crippen molar-refractivity contribution in [1.82, 2.24) is 10.2 Å². The zero-order valence-electron chi connectivity index (χ0n) is 11.6. The third-order valence-electron chi connectivity index (χ3n) is 3.67. The Bertz CT molecular complexity index is 225. The Morgan fingerprint density at radius 2 is 2.22 bits per heavy atom. The average Bonchev–Trinajstić information content (AvgIpc) is 2.30. The average molecular weight is 279 g/mol. The van der Waals surface area contributed by atoms with E-state index < -0.39 is 0 Å². The summed E-state index contributed by atoms with van der Waals surface area (Å²) in [6, 6.07) is 0. The van der Waals surface area contributed by atoms with Crippen molar-refractivity contribution in [3.8, 4) is 0 Å². The minimum Gasteiger partial charge on any atom is -0.382 e. The lowest BCUT2D eigenvalue weighted by Gasteiger charge is -2.39. The summed E-state index contributed by atoms with van der Waals surface area (Å²) in [5.74, 6) is 0.817. The Morgan fingerprint density at radius 1 is 1.39 bits per heavy atom. The number of methoxy groups -OCH3 is 1. The van der Waals surface area contributed by atoms with E-state index >= 15 is 0 Å². The maximum Gasteiger partial charge on any atom is 0.0939 e. The summed E-state index contributed by atoms with van der Waals surface area (Å²) < 4.78 is 11.1. The lowest BCUT2D eigenvalue weighted by molar-refractivity contribution is -0.104. The van der Waals surface area contributed by atoms with Gasteiger partial charge in [0.25, 0.3) is 0 Å². The van der Waals surface area contributed by atoms with Gasteiger partial charge >= 0.3 is 0 Å². The van der Waals surface area contributed by atoms with Gasteiger partial charge in [-0.05, 0) is 38.8 Å². The van der Waals surface area contributed by atoms with E-state index in [4.69, 9.17) is 9.47 Å². The largest absolute Gasteiger partial charge is 0.382 e. The summed E-state index contributed by atoms with van der Waals surface area (Å²) in [5.41, 5.74) is 0. The molecule has 3 unspecified atom stereocenters. The second-order valence-electron chi connectivity index (χ2n) is 5.45. The Morgan fingerprint density at radius 3 is 2.89 bits per heavy atom. The van der Waals surface area contributed by atoms with Gasteiger partial charge in [-0.3, -0.25) is 4.90 Å². The molecule has 2 saturated heterocycles. The summed E-state index contributed by atoms with van der Waals surface area (Å²) >= 11 is 0. The molecule has 1 N–H and O–H groups in total. The molecule has 0 aromatic heterocycles. The number of ether oxygens (including phenoxy) is 2. The second kappa shape index (κ2) is 8.33. The highest BCUT2D eigenvalue weighted by Crippen LogP contribution is 2.16. The highest BCUT2D eigenvalue weighted by Gasteiger charge is 2.27. The van der Waals surface area contributed by atoms with Gasteiger partial charge in [-0.2, -0.15) is 0 Å². The van der Waals surface area contributed by atoms with Crippen LogP contribution >= 0.6 is 12.4 Å². The summed E-state index contributed by atoms with van der Waals surface area (Å²) in [6.45, 7) is 8.55. The molecule has 0 aliphatic carbocycles. The van der Waals surface area contributed by atoms with Gasteiger partial charge < -0.3 is 14.8 Å². The van der Waals surface area contributed by atoms with Gasteiger partial charge in [0.2, 0.25) is 0 Å². The number of hydrogen-bond acceptors (Lipinski definition) is 4. The van der Waals surface area contributed by atoms with Crippen molar-refractivity contribution in [2.24, 2.45) is 5.92 Å². The Labute approximate surface area is 117 Å². The first-order chi connectivity index (χ1) is 8.28. The zero-order valence-corrected chi connectivity index (χ0v) is 12.4. The lowest BCUT2D eigenvalue weighted by atomic mass is 9.98. The molecule has 5 heteroatoms. The molecule has 2 aliphatic heterocycles. The summed E-state index contributed by atoms with van der Waals surface area (Å²) in [5, 5.41) is 3.49. The topological polar surface area (TPSA) is 33.7 Å². The van der Waals surface area contributed by atoms with Crippen molar-refractivity contribution >= 4 is 12.4 Å². The van der Waals surface area contributed by atoms with Gasteiger partial charge in [-0.25, -0.2) is 0 Å². The van der Waals surface area contributed by atoms with E-state index in [1.54, 1.807) is 7.11 Å². The zero-order chi connectivity index (χ0) is 12.1. The van der Waals surface area contributed by atoms with Crippen LogP contribution in [-0.2, 0) is 9.47 Å². The van der Waals surface area contributed by atoms with Crippen molar-refractivity contribution in [2.75, 3.05) is 46.4 Å². The van der Waals surface area contributed by atoms with E-state index in [0.29, 0.717) is 12.7 Å². The van der Waals surface area contributed by atoms with Crippen molar-refractivity contribution in [2.45, 2.75) is 32.0 Å². The molecule has 2 aliphatic rings. The molecule has 0 aromatic carbocycles. The molecule has 0 spiro atoms. The number of halogens is 1. The number of nitrogens with one attached hydrogen (secondary N) is 1. The first-order valence-electron chi connectivity index (χ1n) is 6.85. The molecule has 0 amide bonds. The molecule has 0 bridgehead atoms. The summed E-state index contributed by atoms with van der Waals surface area (Å²) in [7, 11) is 1.75. The smallest absolute Gasteiger partial charge is 0.0939 e. The first kappa shape index (κ1) is 16.2. The van der Waals surface area contributed by atoms with Gasteiger partial charge in [0.15, 0.2) is 0 Å². The molecule has 3 atom stereocenters. The molecule has 2 fully saturated rings. The minimum atomic E-state index is 0. The number of hydrogen-bond donors (Lipinski definition) is 1. The SMILES string of the molecule is COCC1CN(CC2CCCNC2)CC(C)O1.Cl. The van der Waals surface area contributed by atoms with E-state index in [9.17, 15) is 0 Å². The number of morpholine rings is 1. The monoisotopic (exact) mass is 278 g/mol. The van der Waals surface area contributed by atoms with Gasteiger partial charge in [0.05, 0.1) is 18.8 Å². The van der Waals surface area contributed by atoms with Crippen LogP contribution < -0.4 is 5.32 Å². The van der Waals surface area contributed by atoms with Crippen LogP contribution in [0.4, 0.5) is 0 Å². The molecule has 18 heavy (non-hydrogen) atoms. The summed E-state index contributed by atoms with van der Waals surface area (Å²) in [4.78, 5) is 2.55.